The molecular weight excluding hydrogens is 196 g/mol. The van der Waals surface area contributed by atoms with Gasteiger partial charge in [0.1, 0.15) is 0 Å². The molecule has 1 aromatic carbocycles. The first-order valence-electron chi connectivity index (χ1n) is 6.49. The van der Waals surface area contributed by atoms with Crippen LogP contribution in [0.25, 0.3) is 0 Å². The van der Waals surface area contributed by atoms with E-state index in [1.54, 1.807) is 0 Å². The van der Waals surface area contributed by atoms with Gasteiger partial charge in [0.2, 0.25) is 0 Å². The molecule has 0 saturated carbocycles. The van der Waals surface area contributed by atoms with E-state index in [4.69, 9.17) is 0 Å². The number of hydrogen-bond acceptors (Lipinski definition) is 2. The average Bonchev–Trinajstić information content (AvgIpc) is 2.74. The van der Waals surface area contributed by atoms with Gasteiger partial charge in [-0.25, -0.2) is 0 Å². The van der Waals surface area contributed by atoms with Crippen molar-refractivity contribution in [1.82, 2.24) is 5.32 Å². The molecule has 0 amide bonds. The maximum atomic E-state index is 3.65. The van der Waals surface area contributed by atoms with E-state index in [1.165, 1.54) is 43.5 Å². The van der Waals surface area contributed by atoms with E-state index in [9.17, 15) is 0 Å². The summed E-state index contributed by atoms with van der Waals surface area (Å²) in [6.45, 7) is 2.34. The fraction of sp³-hybridized carbons (Fsp3) is 0.571. The van der Waals surface area contributed by atoms with Gasteiger partial charge in [0.05, 0.1) is 0 Å². The number of anilines is 1. The lowest BCUT2D eigenvalue weighted by Gasteiger charge is -2.26. The average molecular weight is 216 g/mol. The van der Waals surface area contributed by atoms with Crippen LogP contribution in [-0.2, 0) is 0 Å². The Labute approximate surface area is 97.4 Å². The number of rotatable bonds is 2. The molecule has 0 aromatic heterocycles. The third-order valence-corrected chi connectivity index (χ3v) is 3.92. The maximum absolute atomic E-state index is 3.65. The molecule has 0 radical (unpaired) electrons. The zero-order valence-electron chi connectivity index (χ0n) is 9.71. The molecule has 0 aliphatic carbocycles. The lowest BCUT2D eigenvalue weighted by molar-refractivity contribution is 0.366. The molecule has 2 heteroatoms. The Hall–Kier alpha value is -1.02. The number of hydrogen-bond donors (Lipinski definition) is 2. The van der Waals surface area contributed by atoms with Gasteiger partial charge in [-0.3, -0.25) is 0 Å². The van der Waals surface area contributed by atoms with Crippen LogP contribution in [0.2, 0.25) is 0 Å². The molecule has 3 rings (SSSR count). The van der Waals surface area contributed by atoms with Crippen LogP contribution >= 0.6 is 0 Å². The highest BCUT2D eigenvalue weighted by Crippen LogP contribution is 2.34. The van der Waals surface area contributed by atoms with Crippen molar-refractivity contribution >= 4 is 5.69 Å². The van der Waals surface area contributed by atoms with Crippen molar-refractivity contribution in [2.24, 2.45) is 0 Å². The third kappa shape index (κ3) is 1.94. The van der Waals surface area contributed by atoms with Crippen molar-refractivity contribution in [3.8, 4) is 0 Å². The zero-order chi connectivity index (χ0) is 10.8. The van der Waals surface area contributed by atoms with E-state index in [2.05, 4.69) is 34.9 Å². The monoisotopic (exact) mass is 216 g/mol. The maximum Gasteiger partial charge on any atom is 0.0376 e. The van der Waals surface area contributed by atoms with Crippen molar-refractivity contribution in [2.75, 3.05) is 18.4 Å². The van der Waals surface area contributed by atoms with Crippen LogP contribution in [-0.4, -0.2) is 19.1 Å². The Balaban J connectivity index is 1.68. The minimum atomic E-state index is 0.715. The van der Waals surface area contributed by atoms with Gasteiger partial charge in [0.15, 0.2) is 0 Å². The number of piperidine rings is 1. The first-order chi connectivity index (χ1) is 7.93. The van der Waals surface area contributed by atoms with E-state index >= 15 is 0 Å². The van der Waals surface area contributed by atoms with Gasteiger partial charge in [0, 0.05) is 24.2 Å². The minimum absolute atomic E-state index is 0.715. The second-order valence-electron chi connectivity index (χ2n) is 5.05. The second-order valence-corrected chi connectivity index (χ2v) is 5.05. The smallest absolute Gasteiger partial charge is 0.0376 e. The zero-order valence-corrected chi connectivity index (χ0v) is 9.71. The van der Waals surface area contributed by atoms with Gasteiger partial charge in [-0.1, -0.05) is 24.6 Å². The SMILES string of the molecule is c1ccc2c(c1)NCC2C[C@H]1CCCCN1. The van der Waals surface area contributed by atoms with Crippen LogP contribution in [0.1, 0.15) is 37.2 Å². The van der Waals surface area contributed by atoms with Crippen molar-refractivity contribution in [3.63, 3.8) is 0 Å². The molecule has 2 heterocycles. The summed E-state index contributed by atoms with van der Waals surface area (Å²) in [4.78, 5) is 0. The number of fused-ring (bicyclic) bond motifs is 1. The molecule has 1 aromatic rings. The number of nitrogens with one attached hydrogen (secondary N) is 2. The first-order valence-corrected chi connectivity index (χ1v) is 6.49. The van der Waals surface area contributed by atoms with Crippen LogP contribution in [0.5, 0.6) is 0 Å². The van der Waals surface area contributed by atoms with Crippen LogP contribution in [0.15, 0.2) is 24.3 Å². The van der Waals surface area contributed by atoms with Crippen LogP contribution < -0.4 is 10.6 Å². The lowest BCUT2D eigenvalue weighted by Crippen LogP contribution is -2.35. The molecule has 1 saturated heterocycles. The highest BCUT2D eigenvalue weighted by Gasteiger charge is 2.25. The highest BCUT2D eigenvalue weighted by atomic mass is 14.9. The Morgan fingerprint density at radius 3 is 3.00 bits per heavy atom. The highest BCUT2D eigenvalue weighted by molar-refractivity contribution is 5.57. The Kier molecular flexibility index (Phi) is 2.83. The topological polar surface area (TPSA) is 24.1 Å². The standard InChI is InChI=1S/C14H20N2/c1-2-7-14-13(6-1)11(10-16-14)9-12-5-3-4-8-15-12/h1-2,6-7,11-12,15-16H,3-5,8-10H2/t11?,12-/m1/s1. The van der Waals surface area contributed by atoms with Crippen LogP contribution in [0.4, 0.5) is 5.69 Å². The normalized spacial score (nSPS) is 28.5. The van der Waals surface area contributed by atoms with Gasteiger partial charge < -0.3 is 10.6 Å². The Morgan fingerprint density at radius 2 is 2.12 bits per heavy atom. The van der Waals surface area contributed by atoms with Gasteiger partial charge in [0.25, 0.3) is 0 Å². The Bertz CT molecular complexity index is 356. The minimum Gasteiger partial charge on any atom is -0.384 e. The van der Waals surface area contributed by atoms with E-state index in [-0.39, 0.29) is 0 Å². The predicted octanol–water partition coefficient (Wildman–Crippen LogP) is 2.73. The van der Waals surface area contributed by atoms with Crippen molar-refractivity contribution < 1.29 is 0 Å². The van der Waals surface area contributed by atoms with Gasteiger partial charge in [-0.2, -0.15) is 0 Å². The summed E-state index contributed by atoms with van der Waals surface area (Å²) >= 11 is 0. The first kappa shape index (κ1) is 10.2. The molecule has 0 bridgehead atoms. The van der Waals surface area contributed by atoms with Crippen LogP contribution in [0, 0.1) is 0 Å². The lowest BCUT2D eigenvalue weighted by atomic mass is 9.90. The molecule has 1 unspecified atom stereocenters. The number of para-hydroxylation sites is 1. The van der Waals surface area contributed by atoms with Gasteiger partial charge in [-0.15, -0.1) is 0 Å². The van der Waals surface area contributed by atoms with Crippen molar-refractivity contribution in [3.05, 3.63) is 29.8 Å². The quantitative estimate of drug-likeness (QED) is 0.794. The predicted molar refractivity (Wildman–Crippen MR) is 67.9 cm³/mol. The largest absolute Gasteiger partial charge is 0.384 e. The summed E-state index contributed by atoms with van der Waals surface area (Å²) in [5.74, 6) is 0.715. The fourth-order valence-corrected chi connectivity index (χ4v) is 3.04. The second kappa shape index (κ2) is 4.46. The molecule has 2 atom stereocenters. The molecule has 16 heavy (non-hydrogen) atoms. The van der Waals surface area contributed by atoms with Crippen molar-refractivity contribution in [1.29, 1.82) is 0 Å². The van der Waals surface area contributed by atoms with Crippen molar-refractivity contribution in [2.45, 2.75) is 37.6 Å². The number of benzene rings is 1. The van der Waals surface area contributed by atoms with Gasteiger partial charge in [-0.05, 0) is 37.4 Å². The summed E-state index contributed by atoms with van der Waals surface area (Å²) in [5, 5.41) is 7.16. The summed E-state index contributed by atoms with van der Waals surface area (Å²) in [7, 11) is 0. The summed E-state index contributed by atoms with van der Waals surface area (Å²) in [6, 6.07) is 9.50. The molecule has 2 aliphatic rings. The van der Waals surface area contributed by atoms with E-state index in [0.717, 1.165) is 12.6 Å². The molecule has 0 spiro atoms. The molecular formula is C14H20N2. The summed E-state index contributed by atoms with van der Waals surface area (Å²) in [5.41, 5.74) is 2.87. The van der Waals surface area contributed by atoms with E-state index in [1.807, 2.05) is 0 Å². The molecule has 1 fully saturated rings. The van der Waals surface area contributed by atoms with E-state index in [0.29, 0.717) is 5.92 Å². The molecule has 2 N–H and O–H groups in total. The Morgan fingerprint density at radius 1 is 1.19 bits per heavy atom. The molecule has 2 nitrogen and oxygen atoms in total. The molecule has 2 aliphatic heterocycles. The summed E-state index contributed by atoms with van der Waals surface area (Å²) < 4.78 is 0. The van der Waals surface area contributed by atoms with E-state index < -0.39 is 0 Å². The van der Waals surface area contributed by atoms with Crippen LogP contribution in [0.3, 0.4) is 0 Å². The summed E-state index contributed by atoms with van der Waals surface area (Å²) in [6.07, 6.45) is 5.41. The fourth-order valence-electron chi connectivity index (χ4n) is 3.04. The third-order valence-electron chi connectivity index (χ3n) is 3.92. The van der Waals surface area contributed by atoms with Gasteiger partial charge >= 0.3 is 0 Å². The molecule has 86 valence electrons.